The van der Waals surface area contributed by atoms with E-state index < -0.39 is 23.1 Å². The minimum absolute atomic E-state index is 0.0277. The van der Waals surface area contributed by atoms with E-state index in [-0.39, 0.29) is 43.2 Å². The Hall–Kier alpha value is -2.76. The average molecular weight is 484 g/mol. The van der Waals surface area contributed by atoms with Crippen molar-refractivity contribution >= 4 is 11.9 Å². The van der Waals surface area contributed by atoms with Crippen molar-refractivity contribution in [1.29, 1.82) is 0 Å². The van der Waals surface area contributed by atoms with Gasteiger partial charge >= 0.3 is 11.7 Å². The highest BCUT2D eigenvalue weighted by Crippen LogP contribution is 2.06. The fourth-order valence-corrected chi connectivity index (χ4v) is 2.79. The number of nitrogens with zero attached hydrogens (tertiary/aromatic N) is 1. The number of hydrogen-bond acceptors (Lipinski definition) is 8. The van der Waals surface area contributed by atoms with Gasteiger partial charge in [0.2, 0.25) is 5.91 Å². The van der Waals surface area contributed by atoms with E-state index in [1.807, 2.05) is 27.7 Å². The van der Waals surface area contributed by atoms with E-state index in [0.717, 1.165) is 0 Å². The van der Waals surface area contributed by atoms with Gasteiger partial charge in [0.15, 0.2) is 0 Å². The van der Waals surface area contributed by atoms with Gasteiger partial charge in [-0.05, 0) is 26.7 Å². The van der Waals surface area contributed by atoms with Crippen molar-refractivity contribution in [3.05, 3.63) is 45.3 Å². The van der Waals surface area contributed by atoms with Gasteiger partial charge in [-0.2, -0.15) is 0 Å². The van der Waals surface area contributed by atoms with E-state index >= 15 is 0 Å². The van der Waals surface area contributed by atoms with Crippen LogP contribution in [0.4, 0.5) is 0 Å². The Balaban J connectivity index is 2.54. The molecule has 0 aliphatic rings. The largest absolute Gasteiger partial charge is 0.460 e. The molecule has 34 heavy (non-hydrogen) atoms. The summed E-state index contributed by atoms with van der Waals surface area (Å²) in [6.07, 6.45) is 2.34. The summed E-state index contributed by atoms with van der Waals surface area (Å²) in [5.41, 5.74) is -1.44. The first kappa shape index (κ1) is 29.3. The van der Waals surface area contributed by atoms with Crippen LogP contribution in [-0.4, -0.2) is 85.1 Å². The molecule has 11 heteroatoms. The van der Waals surface area contributed by atoms with Gasteiger partial charge in [-0.15, -0.1) is 0 Å². The molecule has 0 aliphatic carbocycles. The van der Waals surface area contributed by atoms with Gasteiger partial charge in [0.25, 0.3) is 5.56 Å². The topological polar surface area (TPSA) is 140 Å². The first-order valence-electron chi connectivity index (χ1n) is 11.2. The molecule has 192 valence electrons. The van der Waals surface area contributed by atoms with Crippen LogP contribution in [0.15, 0.2) is 28.4 Å². The lowest BCUT2D eigenvalue weighted by atomic mass is 10.1. The maximum absolute atomic E-state index is 12.8. The van der Waals surface area contributed by atoms with Crippen LogP contribution in [0, 0.1) is 5.92 Å². The Morgan fingerprint density at radius 3 is 2.47 bits per heavy atom. The van der Waals surface area contributed by atoms with Gasteiger partial charge in [0.1, 0.15) is 13.2 Å². The Bertz CT molecular complexity index is 887. The molecule has 0 saturated carbocycles. The van der Waals surface area contributed by atoms with Crippen LogP contribution < -0.4 is 11.2 Å². The van der Waals surface area contributed by atoms with Crippen molar-refractivity contribution in [2.45, 2.75) is 39.7 Å². The van der Waals surface area contributed by atoms with Crippen LogP contribution >= 0.6 is 0 Å². The maximum atomic E-state index is 12.8. The second-order valence-corrected chi connectivity index (χ2v) is 8.77. The zero-order valence-corrected chi connectivity index (χ0v) is 20.5. The fraction of sp³-hybridized carbons (Fsp3) is 0.652. The van der Waals surface area contributed by atoms with Gasteiger partial charge in [0, 0.05) is 18.3 Å². The second-order valence-electron chi connectivity index (χ2n) is 8.77. The molecule has 11 nitrogen and oxygen atoms in total. The second kappa shape index (κ2) is 15.2. The Kier molecular flexibility index (Phi) is 13.1. The Labute approximate surface area is 199 Å². The van der Waals surface area contributed by atoms with Crippen LogP contribution in [0.5, 0.6) is 0 Å². The lowest BCUT2D eigenvalue weighted by Crippen LogP contribution is -2.42. The number of nitrogens with one attached hydrogen (secondary N) is 2. The van der Waals surface area contributed by atoms with E-state index in [1.165, 1.54) is 17.2 Å². The van der Waals surface area contributed by atoms with Gasteiger partial charge in [-0.3, -0.25) is 19.4 Å². The summed E-state index contributed by atoms with van der Waals surface area (Å²) < 4.78 is 21.6. The number of carbonyl (C=O) groups is 2. The maximum Gasteiger partial charge on any atom is 0.325 e. The molecular formula is C23H37N3O8. The zero-order chi connectivity index (χ0) is 25.6. The standard InChI is InChI=1S/C23H37N3O8/c1-6-7-33-20(28)15-26(19(27)12-18-13-24-22(30)25-21(18)29)14-17(2)16-32-9-8-31-10-11-34-23(3,4)5/h6,13,17H,1,7-12,14-16H2,2-5H3,(H2,24,25,29,30)/t17-/m1/s1. The Morgan fingerprint density at radius 1 is 1.15 bits per heavy atom. The fourth-order valence-electron chi connectivity index (χ4n) is 2.79. The summed E-state index contributed by atoms with van der Waals surface area (Å²) in [5, 5.41) is 0. The number of esters is 1. The highest BCUT2D eigenvalue weighted by molar-refractivity contribution is 5.83. The number of carbonyl (C=O) groups excluding carboxylic acids is 2. The van der Waals surface area contributed by atoms with Crippen molar-refractivity contribution in [3.63, 3.8) is 0 Å². The molecule has 0 unspecified atom stereocenters. The molecular weight excluding hydrogens is 446 g/mol. The van der Waals surface area contributed by atoms with Gasteiger partial charge in [0.05, 0.1) is 45.1 Å². The third-order valence-electron chi connectivity index (χ3n) is 4.34. The average Bonchev–Trinajstić information content (AvgIpc) is 2.74. The van der Waals surface area contributed by atoms with Gasteiger partial charge in [-0.1, -0.05) is 19.6 Å². The minimum atomic E-state index is -0.664. The predicted octanol–water partition coefficient (Wildman–Crippen LogP) is 0.648. The molecule has 0 fully saturated rings. The van der Waals surface area contributed by atoms with Crippen LogP contribution in [0.3, 0.4) is 0 Å². The Morgan fingerprint density at radius 2 is 1.82 bits per heavy atom. The highest BCUT2D eigenvalue weighted by Gasteiger charge is 2.22. The molecule has 0 bridgehead atoms. The summed E-state index contributed by atoms with van der Waals surface area (Å²) in [4.78, 5) is 53.7. The lowest BCUT2D eigenvalue weighted by molar-refractivity contribution is -0.148. The molecule has 1 aromatic heterocycles. The monoisotopic (exact) mass is 483 g/mol. The third kappa shape index (κ3) is 13.1. The van der Waals surface area contributed by atoms with Crippen LogP contribution in [0.1, 0.15) is 33.3 Å². The molecule has 0 saturated heterocycles. The van der Waals surface area contributed by atoms with Crippen LogP contribution in [0.2, 0.25) is 0 Å². The molecule has 1 heterocycles. The predicted molar refractivity (Wildman–Crippen MR) is 126 cm³/mol. The third-order valence-corrected chi connectivity index (χ3v) is 4.34. The summed E-state index contributed by atoms with van der Waals surface area (Å²) in [6.45, 7) is 13.3. The molecule has 0 aromatic carbocycles. The van der Waals surface area contributed by atoms with Crippen molar-refractivity contribution < 1.29 is 28.5 Å². The molecule has 1 rings (SSSR count). The van der Waals surface area contributed by atoms with Crippen LogP contribution in [0.25, 0.3) is 0 Å². The molecule has 0 aliphatic heterocycles. The summed E-state index contributed by atoms with van der Waals surface area (Å²) in [6, 6.07) is 0. The smallest absolute Gasteiger partial charge is 0.325 e. The van der Waals surface area contributed by atoms with E-state index in [4.69, 9.17) is 18.9 Å². The lowest BCUT2D eigenvalue weighted by Gasteiger charge is -2.25. The first-order valence-corrected chi connectivity index (χ1v) is 11.2. The number of rotatable bonds is 16. The van der Waals surface area contributed by atoms with E-state index in [2.05, 4.69) is 16.5 Å². The van der Waals surface area contributed by atoms with E-state index in [1.54, 1.807) is 0 Å². The van der Waals surface area contributed by atoms with Gasteiger partial charge in [-0.25, -0.2) is 4.79 Å². The molecule has 1 atom stereocenters. The number of aromatic amines is 2. The SMILES string of the molecule is C=CCOC(=O)CN(C[C@@H](C)COCCOCCOC(C)(C)C)C(=O)Cc1c[nH]c(=O)[nH]c1=O. The van der Waals surface area contributed by atoms with Gasteiger partial charge < -0.3 is 28.8 Å². The quantitative estimate of drug-likeness (QED) is 0.198. The van der Waals surface area contributed by atoms with Crippen molar-refractivity contribution in [2.24, 2.45) is 5.92 Å². The van der Waals surface area contributed by atoms with Crippen molar-refractivity contribution in [1.82, 2.24) is 14.9 Å². The molecule has 1 amide bonds. The minimum Gasteiger partial charge on any atom is -0.460 e. The molecule has 1 aromatic rings. The highest BCUT2D eigenvalue weighted by atomic mass is 16.6. The molecule has 0 spiro atoms. The summed E-state index contributed by atoms with van der Waals surface area (Å²) in [5.74, 6) is -1.15. The molecule has 2 N–H and O–H groups in total. The summed E-state index contributed by atoms with van der Waals surface area (Å²) in [7, 11) is 0. The zero-order valence-electron chi connectivity index (χ0n) is 20.5. The molecule has 0 radical (unpaired) electrons. The van der Waals surface area contributed by atoms with Crippen molar-refractivity contribution in [2.75, 3.05) is 52.7 Å². The number of aromatic nitrogens is 2. The van der Waals surface area contributed by atoms with E-state index in [9.17, 15) is 19.2 Å². The number of H-pyrrole nitrogens is 2. The number of amides is 1. The number of ether oxygens (including phenoxy) is 4. The number of hydrogen-bond donors (Lipinski definition) is 2. The normalized spacial score (nSPS) is 12.2. The first-order chi connectivity index (χ1) is 16.0. The van der Waals surface area contributed by atoms with E-state index in [0.29, 0.717) is 33.0 Å². The summed E-state index contributed by atoms with van der Waals surface area (Å²) >= 11 is 0. The van der Waals surface area contributed by atoms with Crippen LogP contribution in [-0.2, 0) is 35.0 Å². The van der Waals surface area contributed by atoms with Crippen molar-refractivity contribution in [3.8, 4) is 0 Å².